The van der Waals surface area contributed by atoms with E-state index in [9.17, 15) is 0 Å². The molecular formula is C11H12O. The Morgan fingerprint density at radius 2 is 1.92 bits per heavy atom. The van der Waals surface area contributed by atoms with Gasteiger partial charge >= 0.3 is 0 Å². The van der Waals surface area contributed by atoms with Crippen molar-refractivity contribution in [1.82, 2.24) is 0 Å². The third kappa shape index (κ3) is 1.22. The minimum atomic E-state index is 0.649. The first-order valence-electron chi connectivity index (χ1n) is 4.21. The lowest BCUT2D eigenvalue weighted by Crippen LogP contribution is -2.00. The maximum atomic E-state index is 5.08. The zero-order chi connectivity index (χ0) is 8.39. The Bertz CT molecular complexity index is 284. The molecule has 1 aliphatic rings. The summed E-state index contributed by atoms with van der Waals surface area (Å²) >= 11 is 0. The molecule has 0 amide bonds. The summed E-state index contributed by atoms with van der Waals surface area (Å²) < 4.78 is 5.08. The van der Waals surface area contributed by atoms with Crippen LogP contribution in [-0.2, 0) is 0 Å². The molecule has 0 saturated heterocycles. The fourth-order valence-corrected chi connectivity index (χ4v) is 1.37. The van der Waals surface area contributed by atoms with Crippen LogP contribution in [0, 0.1) is 0 Å². The van der Waals surface area contributed by atoms with Crippen molar-refractivity contribution in [3.05, 3.63) is 42.0 Å². The molecule has 0 radical (unpaired) electrons. The van der Waals surface area contributed by atoms with Gasteiger partial charge in [-0.05, 0) is 24.1 Å². The summed E-state index contributed by atoms with van der Waals surface area (Å²) in [6.07, 6.45) is 5.63. The van der Waals surface area contributed by atoms with Gasteiger partial charge in [-0.1, -0.05) is 24.3 Å². The Morgan fingerprint density at radius 3 is 2.33 bits per heavy atom. The summed E-state index contributed by atoms with van der Waals surface area (Å²) in [5, 5.41) is 0. The van der Waals surface area contributed by atoms with Gasteiger partial charge < -0.3 is 4.74 Å². The van der Waals surface area contributed by atoms with E-state index in [-0.39, 0.29) is 0 Å². The second-order valence-electron chi connectivity index (χ2n) is 3.04. The molecule has 1 atom stereocenters. The molecule has 1 nitrogen and oxygen atoms in total. The number of hydrogen-bond acceptors (Lipinski definition) is 1. The highest BCUT2D eigenvalue weighted by Crippen LogP contribution is 2.29. The molecular weight excluding hydrogens is 148 g/mol. The third-order valence-electron chi connectivity index (χ3n) is 2.30. The van der Waals surface area contributed by atoms with Gasteiger partial charge in [-0.3, -0.25) is 0 Å². The molecule has 0 aromatic heterocycles. The summed E-state index contributed by atoms with van der Waals surface area (Å²) in [7, 11) is 1.69. The van der Waals surface area contributed by atoms with E-state index in [4.69, 9.17) is 4.74 Å². The minimum absolute atomic E-state index is 0.649. The number of benzene rings is 1. The monoisotopic (exact) mass is 160 g/mol. The lowest BCUT2D eigenvalue weighted by atomic mass is 9.88. The number of rotatable bonds is 2. The van der Waals surface area contributed by atoms with E-state index >= 15 is 0 Å². The maximum Gasteiger partial charge on any atom is 0.118 e. The van der Waals surface area contributed by atoms with Crippen molar-refractivity contribution in [3.8, 4) is 5.75 Å². The van der Waals surface area contributed by atoms with E-state index in [1.165, 1.54) is 12.0 Å². The Kier molecular flexibility index (Phi) is 1.86. The van der Waals surface area contributed by atoms with E-state index in [1.54, 1.807) is 7.11 Å². The van der Waals surface area contributed by atoms with Crippen molar-refractivity contribution >= 4 is 0 Å². The molecule has 1 unspecified atom stereocenters. The minimum Gasteiger partial charge on any atom is -0.497 e. The highest BCUT2D eigenvalue weighted by atomic mass is 16.5. The second kappa shape index (κ2) is 3.02. The number of methoxy groups -OCH3 is 1. The van der Waals surface area contributed by atoms with E-state index in [0.29, 0.717) is 5.92 Å². The van der Waals surface area contributed by atoms with Crippen LogP contribution in [0.4, 0.5) is 0 Å². The molecule has 12 heavy (non-hydrogen) atoms. The first-order valence-corrected chi connectivity index (χ1v) is 4.21. The zero-order valence-corrected chi connectivity index (χ0v) is 7.16. The molecule has 1 aromatic carbocycles. The average Bonchev–Trinajstić information content (AvgIpc) is 2.03. The smallest absolute Gasteiger partial charge is 0.118 e. The van der Waals surface area contributed by atoms with Gasteiger partial charge in [0.1, 0.15) is 5.75 Å². The van der Waals surface area contributed by atoms with Crippen molar-refractivity contribution in [2.45, 2.75) is 12.3 Å². The Hall–Kier alpha value is -1.24. The molecule has 1 aliphatic carbocycles. The Balaban J connectivity index is 2.18. The molecule has 0 aliphatic heterocycles. The molecule has 0 N–H and O–H groups in total. The molecule has 0 spiro atoms. The van der Waals surface area contributed by atoms with Crippen molar-refractivity contribution in [2.75, 3.05) is 7.11 Å². The predicted molar refractivity (Wildman–Crippen MR) is 49.5 cm³/mol. The van der Waals surface area contributed by atoms with E-state index < -0.39 is 0 Å². The fourth-order valence-electron chi connectivity index (χ4n) is 1.37. The van der Waals surface area contributed by atoms with Crippen LogP contribution < -0.4 is 4.74 Å². The molecule has 1 aromatic rings. The lowest BCUT2D eigenvalue weighted by Gasteiger charge is -2.17. The van der Waals surface area contributed by atoms with Gasteiger partial charge in [0.05, 0.1) is 7.11 Å². The van der Waals surface area contributed by atoms with Gasteiger partial charge in [-0.2, -0.15) is 0 Å². The molecule has 62 valence electrons. The standard InChI is InChI=1S/C11H12O/c1-12-11-7-5-10(6-8-11)9-3-2-4-9/h2-3,5-9H,4H2,1H3. The van der Waals surface area contributed by atoms with E-state index in [0.717, 1.165) is 5.75 Å². The number of allylic oxidation sites excluding steroid dienone is 2. The van der Waals surface area contributed by atoms with Crippen LogP contribution in [0.1, 0.15) is 17.9 Å². The quantitative estimate of drug-likeness (QED) is 0.604. The number of ether oxygens (including phenoxy) is 1. The summed E-state index contributed by atoms with van der Waals surface area (Å²) in [5.41, 5.74) is 1.39. The van der Waals surface area contributed by atoms with E-state index in [2.05, 4.69) is 24.3 Å². The lowest BCUT2D eigenvalue weighted by molar-refractivity contribution is 0.414. The SMILES string of the molecule is COc1ccc(C2C=CC2)cc1. The highest BCUT2D eigenvalue weighted by Gasteiger charge is 2.11. The Morgan fingerprint density at radius 1 is 1.25 bits per heavy atom. The molecule has 0 fully saturated rings. The van der Waals surface area contributed by atoms with Gasteiger partial charge in [0, 0.05) is 5.92 Å². The van der Waals surface area contributed by atoms with Crippen LogP contribution in [0.15, 0.2) is 36.4 Å². The second-order valence-corrected chi connectivity index (χ2v) is 3.04. The van der Waals surface area contributed by atoms with E-state index in [1.807, 2.05) is 12.1 Å². The highest BCUT2D eigenvalue weighted by molar-refractivity contribution is 5.34. The van der Waals surface area contributed by atoms with Crippen molar-refractivity contribution < 1.29 is 4.74 Å². The van der Waals surface area contributed by atoms with Gasteiger partial charge in [-0.15, -0.1) is 0 Å². The van der Waals surface area contributed by atoms with Crippen molar-refractivity contribution in [2.24, 2.45) is 0 Å². The molecule has 1 heteroatoms. The maximum absolute atomic E-state index is 5.08. The number of hydrogen-bond donors (Lipinski definition) is 0. The first kappa shape index (κ1) is 7.41. The summed E-state index contributed by atoms with van der Waals surface area (Å²) in [6, 6.07) is 8.29. The van der Waals surface area contributed by atoms with Crippen LogP contribution in [-0.4, -0.2) is 7.11 Å². The van der Waals surface area contributed by atoms with Crippen molar-refractivity contribution in [3.63, 3.8) is 0 Å². The van der Waals surface area contributed by atoms with Crippen LogP contribution in [0.5, 0.6) is 5.75 Å². The normalized spacial score (nSPS) is 20.2. The summed E-state index contributed by atoms with van der Waals surface area (Å²) in [4.78, 5) is 0. The predicted octanol–water partition coefficient (Wildman–Crippen LogP) is 2.74. The topological polar surface area (TPSA) is 9.23 Å². The molecule has 0 bridgehead atoms. The first-order chi connectivity index (χ1) is 5.90. The largest absolute Gasteiger partial charge is 0.497 e. The van der Waals surface area contributed by atoms with Crippen LogP contribution in [0.2, 0.25) is 0 Å². The third-order valence-corrected chi connectivity index (χ3v) is 2.30. The van der Waals surface area contributed by atoms with Gasteiger partial charge in [0.15, 0.2) is 0 Å². The van der Waals surface area contributed by atoms with Gasteiger partial charge in [0.25, 0.3) is 0 Å². The van der Waals surface area contributed by atoms with Crippen LogP contribution in [0.3, 0.4) is 0 Å². The fraction of sp³-hybridized carbons (Fsp3) is 0.273. The Labute approximate surface area is 72.7 Å². The van der Waals surface area contributed by atoms with Crippen molar-refractivity contribution in [1.29, 1.82) is 0 Å². The zero-order valence-electron chi connectivity index (χ0n) is 7.16. The molecule has 2 rings (SSSR count). The summed E-state index contributed by atoms with van der Waals surface area (Å²) in [6.45, 7) is 0. The van der Waals surface area contributed by atoms with Gasteiger partial charge in [0.2, 0.25) is 0 Å². The van der Waals surface area contributed by atoms with Crippen LogP contribution >= 0.6 is 0 Å². The van der Waals surface area contributed by atoms with Crippen LogP contribution in [0.25, 0.3) is 0 Å². The molecule has 0 heterocycles. The molecule has 0 saturated carbocycles. The summed E-state index contributed by atoms with van der Waals surface area (Å²) in [5.74, 6) is 1.58. The average molecular weight is 160 g/mol. The van der Waals surface area contributed by atoms with Gasteiger partial charge in [-0.25, -0.2) is 0 Å².